The lowest BCUT2D eigenvalue weighted by atomic mass is 9.99. The van der Waals surface area contributed by atoms with Gasteiger partial charge in [-0.3, -0.25) is 4.98 Å². The summed E-state index contributed by atoms with van der Waals surface area (Å²) in [6, 6.07) is 13.2. The molecule has 5 nitrogen and oxygen atoms in total. The molecule has 0 radical (unpaired) electrons. The average molecular weight is 320 g/mol. The van der Waals surface area contributed by atoms with Crippen molar-refractivity contribution in [3.8, 4) is 34.6 Å². The Morgan fingerprint density at radius 2 is 1.67 bits per heavy atom. The number of methoxy groups -OCH3 is 3. The lowest BCUT2D eigenvalue weighted by molar-refractivity contribution is 0.356. The number of hydrogen-bond acceptors (Lipinski definition) is 5. The van der Waals surface area contributed by atoms with Gasteiger partial charge in [0, 0.05) is 17.1 Å². The van der Waals surface area contributed by atoms with Crippen molar-refractivity contribution in [1.29, 1.82) is 5.26 Å². The highest BCUT2D eigenvalue weighted by molar-refractivity contribution is 5.97. The molecule has 0 atom stereocenters. The van der Waals surface area contributed by atoms with E-state index < -0.39 is 0 Å². The van der Waals surface area contributed by atoms with Gasteiger partial charge >= 0.3 is 0 Å². The Labute approximate surface area is 140 Å². The standard InChI is InChI=1S/C19H16N2O3/c1-22-14-4-5-15(13(8-14)11-20)19-16-10-18(24-3)17(23-2)9-12(16)6-7-21-19/h4-10H,1-3H3. The Hall–Kier alpha value is -3.26. The van der Waals surface area contributed by atoms with Crippen molar-refractivity contribution < 1.29 is 14.2 Å². The Bertz CT molecular complexity index is 945. The van der Waals surface area contributed by atoms with Crippen molar-refractivity contribution in [2.75, 3.05) is 21.3 Å². The third kappa shape index (κ3) is 2.59. The van der Waals surface area contributed by atoms with E-state index in [4.69, 9.17) is 14.2 Å². The molecule has 0 aliphatic rings. The molecule has 5 heteroatoms. The van der Waals surface area contributed by atoms with Crippen LogP contribution in [0, 0.1) is 11.3 Å². The maximum Gasteiger partial charge on any atom is 0.161 e. The van der Waals surface area contributed by atoms with Crippen LogP contribution in [0.3, 0.4) is 0 Å². The minimum absolute atomic E-state index is 0.504. The molecule has 3 aromatic rings. The molecule has 1 aromatic heterocycles. The van der Waals surface area contributed by atoms with E-state index in [2.05, 4.69) is 11.1 Å². The molecular weight excluding hydrogens is 304 g/mol. The first-order valence-electron chi connectivity index (χ1n) is 7.31. The molecule has 3 rings (SSSR count). The second-order valence-electron chi connectivity index (χ2n) is 5.11. The summed E-state index contributed by atoms with van der Waals surface area (Å²) in [4.78, 5) is 4.48. The van der Waals surface area contributed by atoms with Crippen LogP contribution in [0.2, 0.25) is 0 Å². The highest BCUT2D eigenvalue weighted by Gasteiger charge is 2.14. The molecule has 24 heavy (non-hydrogen) atoms. The van der Waals surface area contributed by atoms with Crippen LogP contribution in [0.1, 0.15) is 5.56 Å². The quantitative estimate of drug-likeness (QED) is 0.731. The Balaban J connectivity index is 2.29. The number of nitrogens with zero attached hydrogens (tertiary/aromatic N) is 2. The summed E-state index contributed by atoms with van der Waals surface area (Å²) in [5, 5.41) is 11.3. The number of ether oxygens (including phenoxy) is 3. The molecule has 1 heterocycles. The van der Waals surface area contributed by atoms with Gasteiger partial charge in [0.05, 0.1) is 38.7 Å². The highest BCUT2D eigenvalue weighted by Crippen LogP contribution is 2.37. The van der Waals surface area contributed by atoms with Gasteiger partial charge in [-0.15, -0.1) is 0 Å². The number of hydrogen-bond donors (Lipinski definition) is 0. The maximum absolute atomic E-state index is 9.48. The summed E-state index contributed by atoms with van der Waals surface area (Å²) in [5.74, 6) is 1.90. The summed E-state index contributed by atoms with van der Waals surface area (Å²) in [5.41, 5.74) is 1.97. The average Bonchev–Trinajstić information content (AvgIpc) is 2.65. The number of nitriles is 1. The van der Waals surface area contributed by atoms with Crippen LogP contribution >= 0.6 is 0 Å². The Morgan fingerprint density at radius 1 is 0.917 bits per heavy atom. The molecule has 0 spiro atoms. The summed E-state index contributed by atoms with van der Waals surface area (Å²) in [7, 11) is 4.76. The molecular formula is C19H16N2O3. The van der Waals surface area contributed by atoms with Crippen molar-refractivity contribution >= 4 is 10.8 Å². The van der Waals surface area contributed by atoms with Crippen LogP contribution in [0.25, 0.3) is 22.0 Å². The van der Waals surface area contributed by atoms with Gasteiger partial charge in [0.25, 0.3) is 0 Å². The zero-order chi connectivity index (χ0) is 17.1. The minimum atomic E-state index is 0.504. The van der Waals surface area contributed by atoms with E-state index in [9.17, 15) is 5.26 Å². The van der Waals surface area contributed by atoms with Gasteiger partial charge in [-0.1, -0.05) is 0 Å². The van der Waals surface area contributed by atoms with Crippen LogP contribution in [-0.2, 0) is 0 Å². The zero-order valence-electron chi connectivity index (χ0n) is 13.7. The first-order chi connectivity index (χ1) is 11.7. The van der Waals surface area contributed by atoms with Gasteiger partial charge in [-0.05, 0) is 41.8 Å². The fraction of sp³-hybridized carbons (Fsp3) is 0.158. The third-order valence-electron chi connectivity index (χ3n) is 3.87. The fourth-order valence-electron chi connectivity index (χ4n) is 2.66. The molecule has 0 aliphatic carbocycles. The molecule has 0 N–H and O–H groups in total. The van der Waals surface area contributed by atoms with E-state index in [1.54, 1.807) is 33.6 Å². The zero-order valence-corrected chi connectivity index (χ0v) is 13.7. The van der Waals surface area contributed by atoms with Gasteiger partial charge in [-0.25, -0.2) is 0 Å². The summed E-state index contributed by atoms with van der Waals surface area (Å²) in [6.07, 6.45) is 1.72. The topological polar surface area (TPSA) is 64.4 Å². The lowest BCUT2D eigenvalue weighted by Crippen LogP contribution is -1.94. The van der Waals surface area contributed by atoms with Gasteiger partial charge < -0.3 is 14.2 Å². The summed E-state index contributed by atoms with van der Waals surface area (Å²) in [6.45, 7) is 0. The van der Waals surface area contributed by atoms with Crippen LogP contribution in [0.5, 0.6) is 17.2 Å². The minimum Gasteiger partial charge on any atom is -0.497 e. The van der Waals surface area contributed by atoms with Crippen molar-refractivity contribution in [3.63, 3.8) is 0 Å². The highest BCUT2D eigenvalue weighted by atomic mass is 16.5. The van der Waals surface area contributed by atoms with Gasteiger partial charge in [0.2, 0.25) is 0 Å². The summed E-state index contributed by atoms with van der Waals surface area (Å²) >= 11 is 0. The first kappa shape index (κ1) is 15.6. The van der Waals surface area contributed by atoms with Crippen molar-refractivity contribution in [2.24, 2.45) is 0 Å². The van der Waals surface area contributed by atoms with E-state index in [0.29, 0.717) is 28.5 Å². The number of benzene rings is 2. The monoisotopic (exact) mass is 320 g/mol. The fourth-order valence-corrected chi connectivity index (χ4v) is 2.66. The molecule has 0 amide bonds. The number of fused-ring (bicyclic) bond motifs is 1. The maximum atomic E-state index is 9.48. The van der Waals surface area contributed by atoms with Crippen LogP contribution in [0.15, 0.2) is 42.6 Å². The van der Waals surface area contributed by atoms with E-state index in [-0.39, 0.29) is 0 Å². The molecule has 2 aromatic carbocycles. The van der Waals surface area contributed by atoms with Crippen molar-refractivity contribution in [1.82, 2.24) is 4.98 Å². The second-order valence-corrected chi connectivity index (χ2v) is 5.11. The first-order valence-corrected chi connectivity index (χ1v) is 7.31. The Kier molecular flexibility index (Phi) is 4.21. The number of rotatable bonds is 4. The molecule has 0 aliphatic heterocycles. The smallest absolute Gasteiger partial charge is 0.161 e. The van der Waals surface area contributed by atoms with Crippen LogP contribution in [0.4, 0.5) is 0 Å². The molecule has 0 saturated heterocycles. The second kappa shape index (κ2) is 6.47. The third-order valence-corrected chi connectivity index (χ3v) is 3.87. The normalized spacial score (nSPS) is 10.2. The van der Waals surface area contributed by atoms with Crippen LogP contribution < -0.4 is 14.2 Å². The van der Waals surface area contributed by atoms with Crippen LogP contribution in [-0.4, -0.2) is 26.3 Å². The molecule has 0 bridgehead atoms. The molecule has 0 fully saturated rings. The predicted molar refractivity (Wildman–Crippen MR) is 91.6 cm³/mol. The molecule has 0 saturated carbocycles. The van der Waals surface area contributed by atoms with Gasteiger partial charge in [-0.2, -0.15) is 5.26 Å². The van der Waals surface area contributed by atoms with E-state index in [1.807, 2.05) is 30.3 Å². The van der Waals surface area contributed by atoms with Crippen molar-refractivity contribution in [3.05, 3.63) is 48.2 Å². The number of pyridine rings is 1. The number of aromatic nitrogens is 1. The molecule has 120 valence electrons. The van der Waals surface area contributed by atoms with E-state index in [0.717, 1.165) is 16.3 Å². The molecule has 0 unspecified atom stereocenters. The van der Waals surface area contributed by atoms with Crippen molar-refractivity contribution in [2.45, 2.75) is 0 Å². The predicted octanol–water partition coefficient (Wildman–Crippen LogP) is 3.80. The van der Waals surface area contributed by atoms with Gasteiger partial charge in [0.1, 0.15) is 5.75 Å². The summed E-state index contributed by atoms with van der Waals surface area (Å²) < 4.78 is 15.9. The largest absolute Gasteiger partial charge is 0.497 e. The SMILES string of the molecule is COc1ccc(-c2nccc3cc(OC)c(OC)cc23)c(C#N)c1. The van der Waals surface area contributed by atoms with Gasteiger partial charge in [0.15, 0.2) is 11.5 Å². The Morgan fingerprint density at radius 3 is 2.33 bits per heavy atom. The lowest BCUT2D eigenvalue weighted by Gasteiger charge is -2.12. The van der Waals surface area contributed by atoms with E-state index in [1.165, 1.54) is 0 Å². The van der Waals surface area contributed by atoms with E-state index >= 15 is 0 Å².